The lowest BCUT2D eigenvalue weighted by atomic mass is 10.1. The fourth-order valence-electron chi connectivity index (χ4n) is 1.83. The van der Waals surface area contributed by atoms with Crippen LogP contribution in [0.25, 0.3) is 11.3 Å². The van der Waals surface area contributed by atoms with Crippen LogP contribution in [0.2, 0.25) is 0 Å². The van der Waals surface area contributed by atoms with Crippen LogP contribution in [0.5, 0.6) is 0 Å². The molecule has 2 aromatic rings. The number of anilines is 1. The third-order valence-electron chi connectivity index (χ3n) is 3.02. The highest BCUT2D eigenvalue weighted by atomic mass is 32.1. The zero-order chi connectivity index (χ0) is 13.0. The van der Waals surface area contributed by atoms with Gasteiger partial charge in [0.15, 0.2) is 0 Å². The molecule has 0 saturated heterocycles. The predicted octanol–water partition coefficient (Wildman–Crippen LogP) is 4.11. The Morgan fingerprint density at radius 1 is 1.28 bits per heavy atom. The van der Waals surface area contributed by atoms with E-state index in [2.05, 4.69) is 40.6 Å². The Balaban J connectivity index is 2.10. The molecule has 0 unspecified atom stereocenters. The SMILES string of the molecule is CCC(CC)Nc1ccc(-c2csc(C)n2)cn1. The molecule has 0 aliphatic heterocycles. The van der Waals surface area contributed by atoms with Gasteiger partial charge in [-0.1, -0.05) is 13.8 Å². The van der Waals surface area contributed by atoms with E-state index in [1.165, 1.54) is 0 Å². The van der Waals surface area contributed by atoms with E-state index in [1.807, 2.05) is 19.2 Å². The standard InChI is InChI=1S/C14H19N3S/c1-4-12(5-2)17-14-7-6-11(8-15-14)13-9-18-10(3)16-13/h6-9,12H,4-5H2,1-3H3,(H,15,17). The van der Waals surface area contributed by atoms with Crippen molar-refractivity contribution in [2.24, 2.45) is 0 Å². The van der Waals surface area contributed by atoms with E-state index in [0.29, 0.717) is 6.04 Å². The van der Waals surface area contributed by atoms with Crippen LogP contribution in [0, 0.1) is 6.92 Å². The number of nitrogens with zero attached hydrogens (tertiary/aromatic N) is 2. The van der Waals surface area contributed by atoms with E-state index in [0.717, 1.165) is 34.9 Å². The van der Waals surface area contributed by atoms with Crippen molar-refractivity contribution in [1.82, 2.24) is 9.97 Å². The molecule has 1 N–H and O–H groups in total. The van der Waals surface area contributed by atoms with Crippen LogP contribution < -0.4 is 5.32 Å². The van der Waals surface area contributed by atoms with E-state index < -0.39 is 0 Å². The Kier molecular flexibility index (Phi) is 4.31. The number of nitrogens with one attached hydrogen (secondary N) is 1. The first-order valence-electron chi connectivity index (χ1n) is 6.38. The first-order chi connectivity index (χ1) is 8.72. The second kappa shape index (κ2) is 5.96. The highest BCUT2D eigenvalue weighted by Crippen LogP contribution is 2.21. The number of hydrogen-bond donors (Lipinski definition) is 1. The number of pyridine rings is 1. The normalized spacial score (nSPS) is 10.9. The summed E-state index contributed by atoms with van der Waals surface area (Å²) in [6, 6.07) is 4.61. The van der Waals surface area contributed by atoms with Crippen LogP contribution >= 0.6 is 11.3 Å². The van der Waals surface area contributed by atoms with Crippen molar-refractivity contribution in [1.29, 1.82) is 0 Å². The van der Waals surface area contributed by atoms with E-state index >= 15 is 0 Å². The second-order valence-corrected chi connectivity index (χ2v) is 5.40. The topological polar surface area (TPSA) is 37.8 Å². The minimum Gasteiger partial charge on any atom is -0.367 e. The van der Waals surface area contributed by atoms with Crippen LogP contribution in [0.15, 0.2) is 23.7 Å². The van der Waals surface area contributed by atoms with E-state index in [4.69, 9.17) is 0 Å². The Labute approximate surface area is 112 Å². The van der Waals surface area contributed by atoms with Crippen LogP contribution in [0.3, 0.4) is 0 Å². The number of aryl methyl sites for hydroxylation is 1. The molecule has 4 heteroatoms. The van der Waals surface area contributed by atoms with E-state index in [1.54, 1.807) is 11.3 Å². The van der Waals surface area contributed by atoms with Gasteiger partial charge in [0, 0.05) is 23.2 Å². The van der Waals surface area contributed by atoms with Crippen molar-refractivity contribution >= 4 is 17.2 Å². The van der Waals surface area contributed by atoms with Gasteiger partial charge in [-0.05, 0) is 31.9 Å². The maximum absolute atomic E-state index is 4.46. The van der Waals surface area contributed by atoms with Gasteiger partial charge < -0.3 is 5.32 Å². The molecule has 18 heavy (non-hydrogen) atoms. The quantitative estimate of drug-likeness (QED) is 0.880. The van der Waals surface area contributed by atoms with E-state index in [-0.39, 0.29) is 0 Å². The van der Waals surface area contributed by atoms with Crippen molar-refractivity contribution in [3.8, 4) is 11.3 Å². The zero-order valence-electron chi connectivity index (χ0n) is 11.1. The molecule has 0 saturated carbocycles. The summed E-state index contributed by atoms with van der Waals surface area (Å²) in [7, 11) is 0. The molecule has 0 aromatic carbocycles. The largest absolute Gasteiger partial charge is 0.367 e. The Bertz CT molecular complexity index is 486. The summed E-state index contributed by atoms with van der Waals surface area (Å²) in [5, 5.41) is 6.59. The highest BCUT2D eigenvalue weighted by Gasteiger charge is 2.05. The summed E-state index contributed by atoms with van der Waals surface area (Å²) in [6.45, 7) is 6.39. The van der Waals surface area contributed by atoms with Gasteiger partial charge in [0.25, 0.3) is 0 Å². The van der Waals surface area contributed by atoms with Crippen LogP contribution in [0.4, 0.5) is 5.82 Å². The lowest BCUT2D eigenvalue weighted by Crippen LogP contribution is -2.17. The minimum absolute atomic E-state index is 0.505. The fraction of sp³-hybridized carbons (Fsp3) is 0.429. The number of thiazole rings is 1. The summed E-state index contributed by atoms with van der Waals surface area (Å²) in [6.07, 6.45) is 4.12. The van der Waals surface area contributed by atoms with Gasteiger partial charge in [-0.15, -0.1) is 11.3 Å². The van der Waals surface area contributed by atoms with Gasteiger partial charge in [0.2, 0.25) is 0 Å². The van der Waals surface area contributed by atoms with Crippen LogP contribution in [-0.4, -0.2) is 16.0 Å². The molecule has 0 radical (unpaired) electrons. The van der Waals surface area contributed by atoms with Crippen LogP contribution in [-0.2, 0) is 0 Å². The predicted molar refractivity (Wildman–Crippen MR) is 78.1 cm³/mol. The summed E-state index contributed by atoms with van der Waals surface area (Å²) < 4.78 is 0. The first-order valence-corrected chi connectivity index (χ1v) is 7.26. The van der Waals surface area contributed by atoms with Gasteiger partial charge in [-0.3, -0.25) is 0 Å². The lowest BCUT2D eigenvalue weighted by Gasteiger charge is -2.15. The van der Waals surface area contributed by atoms with Crippen molar-refractivity contribution < 1.29 is 0 Å². The Morgan fingerprint density at radius 3 is 2.56 bits per heavy atom. The third kappa shape index (κ3) is 3.07. The summed E-state index contributed by atoms with van der Waals surface area (Å²) >= 11 is 1.67. The molecule has 2 rings (SSSR count). The number of hydrogen-bond acceptors (Lipinski definition) is 4. The maximum atomic E-state index is 4.46. The molecule has 0 bridgehead atoms. The van der Waals surface area contributed by atoms with Crippen molar-refractivity contribution in [2.45, 2.75) is 39.7 Å². The first kappa shape index (κ1) is 13.0. The van der Waals surface area contributed by atoms with Crippen molar-refractivity contribution in [2.75, 3.05) is 5.32 Å². The lowest BCUT2D eigenvalue weighted by molar-refractivity contribution is 0.668. The van der Waals surface area contributed by atoms with Gasteiger partial charge in [0.05, 0.1) is 10.7 Å². The van der Waals surface area contributed by atoms with Crippen LogP contribution in [0.1, 0.15) is 31.7 Å². The Hall–Kier alpha value is -1.42. The zero-order valence-corrected chi connectivity index (χ0v) is 11.9. The molecule has 0 atom stereocenters. The average Bonchev–Trinajstić information content (AvgIpc) is 2.83. The summed E-state index contributed by atoms with van der Waals surface area (Å²) in [4.78, 5) is 8.92. The molecule has 2 heterocycles. The Morgan fingerprint density at radius 2 is 2.06 bits per heavy atom. The van der Waals surface area contributed by atoms with E-state index in [9.17, 15) is 0 Å². The maximum Gasteiger partial charge on any atom is 0.126 e. The smallest absolute Gasteiger partial charge is 0.126 e. The molecular weight excluding hydrogens is 242 g/mol. The summed E-state index contributed by atoms with van der Waals surface area (Å²) in [5.41, 5.74) is 2.09. The monoisotopic (exact) mass is 261 g/mol. The van der Waals surface area contributed by atoms with Gasteiger partial charge >= 0.3 is 0 Å². The average molecular weight is 261 g/mol. The van der Waals surface area contributed by atoms with Gasteiger partial charge in [-0.25, -0.2) is 9.97 Å². The molecular formula is C14H19N3S. The molecule has 0 amide bonds. The third-order valence-corrected chi connectivity index (χ3v) is 3.79. The van der Waals surface area contributed by atoms with Gasteiger partial charge in [-0.2, -0.15) is 0 Å². The molecule has 3 nitrogen and oxygen atoms in total. The number of aromatic nitrogens is 2. The minimum atomic E-state index is 0.505. The second-order valence-electron chi connectivity index (χ2n) is 4.34. The summed E-state index contributed by atoms with van der Waals surface area (Å²) in [5.74, 6) is 0.944. The molecule has 2 aromatic heterocycles. The van der Waals surface area contributed by atoms with Gasteiger partial charge in [0.1, 0.15) is 5.82 Å². The molecule has 0 fully saturated rings. The highest BCUT2D eigenvalue weighted by molar-refractivity contribution is 7.09. The molecule has 0 spiro atoms. The molecule has 0 aliphatic rings. The van der Waals surface area contributed by atoms with Crippen molar-refractivity contribution in [3.63, 3.8) is 0 Å². The fourth-order valence-corrected chi connectivity index (χ4v) is 2.45. The number of rotatable bonds is 5. The van der Waals surface area contributed by atoms with Crippen molar-refractivity contribution in [3.05, 3.63) is 28.7 Å². The molecule has 96 valence electrons. The molecule has 0 aliphatic carbocycles.